The number of hydrogen-bond acceptors (Lipinski definition) is 5. The van der Waals surface area contributed by atoms with Crippen LogP contribution in [0.2, 0.25) is 0 Å². The summed E-state index contributed by atoms with van der Waals surface area (Å²) in [6, 6.07) is 15.4. The minimum absolute atomic E-state index is 0.117. The van der Waals surface area contributed by atoms with Crippen LogP contribution in [0.5, 0.6) is 0 Å². The van der Waals surface area contributed by atoms with Crippen LogP contribution in [0.3, 0.4) is 0 Å². The van der Waals surface area contributed by atoms with Crippen LogP contribution in [0, 0.1) is 10.1 Å². The molecule has 2 aromatic rings. The minimum Gasteiger partial charge on any atom is -0.461 e. The minimum atomic E-state index is -0.388. The molecule has 6 nitrogen and oxygen atoms in total. The summed E-state index contributed by atoms with van der Waals surface area (Å²) in [7, 11) is 0. The van der Waals surface area contributed by atoms with Gasteiger partial charge in [-0.2, -0.15) is 0 Å². The second-order valence-corrected chi connectivity index (χ2v) is 6.56. The SMILES string of the molecule is C/C(=C\c1ccc2c(c1)CCN2CCC(=O)OCc1ccccc1)[N+](=O)[O-]. The van der Waals surface area contributed by atoms with Gasteiger partial charge in [-0.25, -0.2) is 0 Å². The number of nitro groups is 1. The van der Waals surface area contributed by atoms with Crippen molar-refractivity contribution in [1.82, 2.24) is 0 Å². The van der Waals surface area contributed by atoms with Crippen LogP contribution in [-0.2, 0) is 22.6 Å². The van der Waals surface area contributed by atoms with Crippen molar-refractivity contribution in [2.45, 2.75) is 26.4 Å². The van der Waals surface area contributed by atoms with Gasteiger partial charge in [0.25, 0.3) is 0 Å². The van der Waals surface area contributed by atoms with Crippen LogP contribution in [0.1, 0.15) is 30.0 Å². The number of benzene rings is 2. The first-order chi connectivity index (χ1) is 13.0. The molecule has 0 spiro atoms. The predicted octanol–water partition coefficient (Wildman–Crippen LogP) is 3.82. The van der Waals surface area contributed by atoms with E-state index in [0.29, 0.717) is 19.6 Å². The summed E-state index contributed by atoms with van der Waals surface area (Å²) in [5, 5.41) is 10.8. The molecule has 0 N–H and O–H groups in total. The van der Waals surface area contributed by atoms with Crippen LogP contribution < -0.4 is 4.90 Å². The lowest BCUT2D eigenvalue weighted by Crippen LogP contribution is -2.24. The maximum atomic E-state index is 12.0. The highest BCUT2D eigenvalue weighted by atomic mass is 16.6. The van der Waals surface area contributed by atoms with Gasteiger partial charge < -0.3 is 9.64 Å². The second-order valence-electron chi connectivity index (χ2n) is 6.56. The van der Waals surface area contributed by atoms with Crippen molar-refractivity contribution in [2.24, 2.45) is 0 Å². The molecule has 0 atom stereocenters. The highest BCUT2D eigenvalue weighted by Gasteiger charge is 2.20. The number of carbonyl (C=O) groups is 1. The van der Waals surface area contributed by atoms with Crippen LogP contribution >= 0.6 is 0 Å². The monoisotopic (exact) mass is 366 g/mol. The number of hydrogen-bond donors (Lipinski definition) is 0. The molecule has 6 heteroatoms. The van der Waals surface area contributed by atoms with Gasteiger partial charge in [0.05, 0.1) is 11.3 Å². The van der Waals surface area contributed by atoms with Crippen molar-refractivity contribution in [3.63, 3.8) is 0 Å². The Kier molecular flexibility index (Phi) is 5.86. The van der Waals surface area contributed by atoms with E-state index >= 15 is 0 Å². The number of ether oxygens (including phenoxy) is 1. The topological polar surface area (TPSA) is 72.7 Å². The molecule has 1 heterocycles. The molecule has 0 fully saturated rings. The van der Waals surface area contributed by atoms with Crippen LogP contribution in [0.4, 0.5) is 5.69 Å². The highest BCUT2D eigenvalue weighted by molar-refractivity contribution is 5.71. The Morgan fingerprint density at radius 1 is 1.26 bits per heavy atom. The maximum absolute atomic E-state index is 12.0. The molecule has 0 radical (unpaired) electrons. The van der Waals surface area contributed by atoms with E-state index in [2.05, 4.69) is 4.90 Å². The van der Waals surface area contributed by atoms with Crippen LogP contribution in [-0.4, -0.2) is 24.0 Å². The predicted molar refractivity (Wildman–Crippen MR) is 104 cm³/mol. The number of carbonyl (C=O) groups excluding carboxylic acids is 1. The molecule has 0 aromatic heterocycles. The molecule has 0 bridgehead atoms. The second kappa shape index (κ2) is 8.49. The fourth-order valence-corrected chi connectivity index (χ4v) is 3.14. The molecule has 27 heavy (non-hydrogen) atoms. The fraction of sp³-hybridized carbons (Fsp3) is 0.286. The Labute approximate surface area is 158 Å². The van der Waals surface area contributed by atoms with Crippen molar-refractivity contribution < 1.29 is 14.5 Å². The Morgan fingerprint density at radius 2 is 2.04 bits per heavy atom. The van der Waals surface area contributed by atoms with Crippen molar-refractivity contribution in [3.05, 3.63) is 81.0 Å². The summed E-state index contributed by atoms with van der Waals surface area (Å²) in [6.45, 7) is 3.22. The van der Waals surface area contributed by atoms with Gasteiger partial charge in [0.1, 0.15) is 6.61 Å². The average molecular weight is 366 g/mol. The van der Waals surface area contributed by atoms with Crippen molar-refractivity contribution >= 4 is 17.7 Å². The molecule has 1 aliphatic heterocycles. The summed E-state index contributed by atoms with van der Waals surface area (Å²) in [4.78, 5) is 24.5. The zero-order valence-electron chi connectivity index (χ0n) is 15.3. The van der Waals surface area contributed by atoms with Crippen molar-refractivity contribution in [3.8, 4) is 0 Å². The third-order valence-corrected chi connectivity index (χ3v) is 4.59. The quantitative estimate of drug-likeness (QED) is 0.423. The van der Waals surface area contributed by atoms with Gasteiger partial charge in [-0.3, -0.25) is 14.9 Å². The number of anilines is 1. The zero-order chi connectivity index (χ0) is 19.2. The van der Waals surface area contributed by atoms with Gasteiger partial charge in [-0.1, -0.05) is 36.4 Å². The third-order valence-electron chi connectivity index (χ3n) is 4.59. The van der Waals surface area contributed by atoms with Crippen molar-refractivity contribution in [2.75, 3.05) is 18.0 Å². The van der Waals surface area contributed by atoms with E-state index in [9.17, 15) is 14.9 Å². The van der Waals surface area contributed by atoms with Crippen LogP contribution in [0.25, 0.3) is 6.08 Å². The van der Waals surface area contributed by atoms with Gasteiger partial charge in [0, 0.05) is 31.8 Å². The van der Waals surface area contributed by atoms with E-state index in [1.54, 1.807) is 6.08 Å². The van der Waals surface area contributed by atoms with E-state index in [-0.39, 0.29) is 16.6 Å². The Morgan fingerprint density at radius 3 is 2.78 bits per heavy atom. The summed E-state index contributed by atoms with van der Waals surface area (Å²) in [6.07, 6.45) is 2.77. The Balaban J connectivity index is 1.54. The first-order valence-corrected chi connectivity index (χ1v) is 8.93. The number of esters is 1. The van der Waals surface area contributed by atoms with E-state index in [0.717, 1.165) is 35.3 Å². The van der Waals surface area contributed by atoms with E-state index in [1.165, 1.54) is 6.92 Å². The zero-order valence-corrected chi connectivity index (χ0v) is 15.3. The number of nitrogens with zero attached hydrogens (tertiary/aromatic N) is 2. The molecule has 0 saturated carbocycles. The average Bonchev–Trinajstić information content (AvgIpc) is 3.07. The lowest BCUT2D eigenvalue weighted by molar-refractivity contribution is -0.422. The number of fused-ring (bicyclic) bond motifs is 1. The van der Waals surface area contributed by atoms with E-state index in [4.69, 9.17) is 4.74 Å². The Bertz CT molecular complexity index is 862. The fourth-order valence-electron chi connectivity index (χ4n) is 3.14. The van der Waals surface area contributed by atoms with Crippen molar-refractivity contribution in [1.29, 1.82) is 0 Å². The maximum Gasteiger partial charge on any atom is 0.307 e. The molecule has 3 rings (SSSR count). The molecule has 140 valence electrons. The lowest BCUT2D eigenvalue weighted by Gasteiger charge is -2.19. The molecule has 2 aromatic carbocycles. The molecule has 0 aliphatic carbocycles. The Hall–Kier alpha value is -3.15. The highest BCUT2D eigenvalue weighted by Crippen LogP contribution is 2.29. The normalized spacial score (nSPS) is 13.4. The summed E-state index contributed by atoms with van der Waals surface area (Å²) in [5.41, 5.74) is 4.15. The molecule has 0 unspecified atom stereocenters. The summed E-state index contributed by atoms with van der Waals surface area (Å²) >= 11 is 0. The summed E-state index contributed by atoms with van der Waals surface area (Å²) in [5.74, 6) is -0.214. The van der Waals surface area contributed by atoms with Gasteiger partial charge in [-0.15, -0.1) is 0 Å². The lowest BCUT2D eigenvalue weighted by atomic mass is 10.1. The number of rotatable bonds is 7. The van der Waals surface area contributed by atoms with E-state index < -0.39 is 0 Å². The summed E-state index contributed by atoms with van der Waals surface area (Å²) < 4.78 is 5.32. The van der Waals surface area contributed by atoms with Gasteiger partial charge in [0.15, 0.2) is 0 Å². The van der Waals surface area contributed by atoms with E-state index in [1.807, 2.05) is 48.5 Å². The standard InChI is InChI=1S/C21H22N2O4/c1-16(23(25)26)13-18-7-8-20-19(14-18)9-11-22(20)12-10-21(24)27-15-17-5-3-2-4-6-17/h2-8,13-14H,9-12,15H2,1H3/b16-13+. The van der Waals surface area contributed by atoms with Gasteiger partial charge >= 0.3 is 5.97 Å². The molecule has 0 amide bonds. The third kappa shape index (κ3) is 4.94. The first-order valence-electron chi connectivity index (χ1n) is 8.93. The largest absolute Gasteiger partial charge is 0.461 e. The van der Waals surface area contributed by atoms with Gasteiger partial charge in [-0.05, 0) is 35.2 Å². The molecule has 0 saturated heterocycles. The molecular weight excluding hydrogens is 344 g/mol. The first kappa shape index (κ1) is 18.6. The molecular formula is C21H22N2O4. The molecule has 1 aliphatic rings. The number of allylic oxidation sites excluding steroid dienone is 1. The van der Waals surface area contributed by atoms with Crippen LogP contribution in [0.15, 0.2) is 54.2 Å². The smallest absolute Gasteiger partial charge is 0.307 e. The van der Waals surface area contributed by atoms with Gasteiger partial charge in [0.2, 0.25) is 5.70 Å².